The van der Waals surface area contributed by atoms with Gasteiger partial charge in [0.05, 0.1) is 0 Å². The van der Waals surface area contributed by atoms with E-state index in [0.29, 0.717) is 16.5 Å². The first-order chi connectivity index (χ1) is 16.0. The van der Waals surface area contributed by atoms with Gasteiger partial charge in [-0.15, -0.1) is 0 Å². The van der Waals surface area contributed by atoms with Gasteiger partial charge >= 0.3 is 0 Å². The van der Waals surface area contributed by atoms with Gasteiger partial charge in [-0.05, 0) is 68.5 Å². The largest absolute Gasteiger partial charge is 0.333 e. The Balaban J connectivity index is 1.63. The predicted octanol–water partition coefficient (Wildman–Crippen LogP) is 7.41. The summed E-state index contributed by atoms with van der Waals surface area (Å²) in [5.74, 6) is 0.693. The molecule has 0 spiro atoms. The van der Waals surface area contributed by atoms with Crippen molar-refractivity contribution in [1.29, 1.82) is 0 Å². The minimum absolute atomic E-state index is 0.0336. The Morgan fingerprint density at radius 3 is 2.26 bits per heavy atom. The first-order valence-electron chi connectivity index (χ1n) is 12.1. The lowest BCUT2D eigenvalue weighted by Gasteiger charge is -2.42. The number of pyridine rings is 2. The van der Waals surface area contributed by atoms with Gasteiger partial charge in [0.1, 0.15) is 0 Å². The number of rotatable bonds is 3. The predicted molar refractivity (Wildman–Crippen MR) is 140 cm³/mol. The zero-order valence-corrected chi connectivity index (χ0v) is 21.7. The van der Waals surface area contributed by atoms with Crippen molar-refractivity contribution < 1.29 is 4.79 Å². The second-order valence-corrected chi connectivity index (χ2v) is 11.2. The number of piperidine rings is 1. The molecule has 1 aromatic carbocycles. The fraction of sp³-hybridized carbons (Fsp3) is 0.414. The Morgan fingerprint density at radius 1 is 0.941 bits per heavy atom. The molecular weight excluding hydrogens is 442 g/mol. The molecule has 1 amide bonds. The zero-order valence-electron chi connectivity index (χ0n) is 21.0. The monoisotopic (exact) mass is 475 g/mol. The highest BCUT2D eigenvalue weighted by atomic mass is 35.5. The summed E-state index contributed by atoms with van der Waals surface area (Å²) in [6.07, 6.45) is 7.59. The number of hydrogen-bond donors (Lipinski definition) is 0. The summed E-state index contributed by atoms with van der Waals surface area (Å²) in [4.78, 5) is 24.4. The molecule has 2 atom stereocenters. The van der Waals surface area contributed by atoms with E-state index >= 15 is 0 Å². The maximum atomic E-state index is 13.3. The van der Waals surface area contributed by atoms with Gasteiger partial charge in [0, 0.05) is 69.1 Å². The first kappa shape index (κ1) is 24.4. The quantitative estimate of drug-likeness (QED) is 0.396. The third-order valence-corrected chi connectivity index (χ3v) is 7.11. The van der Waals surface area contributed by atoms with E-state index in [0.717, 1.165) is 40.8 Å². The van der Waals surface area contributed by atoms with Crippen LogP contribution in [0.5, 0.6) is 0 Å². The van der Waals surface area contributed by atoms with E-state index in [9.17, 15) is 4.79 Å². The molecule has 1 fully saturated rings. The molecule has 4 nitrogen and oxygen atoms in total. The maximum Gasteiger partial charge on any atom is 0.254 e. The molecule has 2 aromatic heterocycles. The van der Waals surface area contributed by atoms with E-state index < -0.39 is 0 Å². The van der Waals surface area contributed by atoms with Crippen molar-refractivity contribution in [3.05, 3.63) is 71.3 Å². The summed E-state index contributed by atoms with van der Waals surface area (Å²) in [5, 5.41) is 0.556. The highest BCUT2D eigenvalue weighted by Gasteiger charge is 2.32. The van der Waals surface area contributed by atoms with Crippen LogP contribution in [-0.4, -0.2) is 32.9 Å². The molecule has 5 heteroatoms. The Kier molecular flexibility index (Phi) is 6.82. The van der Waals surface area contributed by atoms with E-state index in [-0.39, 0.29) is 23.4 Å². The zero-order chi connectivity index (χ0) is 24.6. The molecule has 0 unspecified atom stereocenters. The second kappa shape index (κ2) is 9.50. The van der Waals surface area contributed by atoms with Crippen LogP contribution in [0.4, 0.5) is 0 Å². The standard InChI is InChI=1S/C29H34ClN3O/c1-18-11-19(2)33(20(3)12-18)28(34)22-7-8-25(26(30)14-22)24-13-23(16-31-17-24)21-9-10-32-27(15-21)29(4,5)6/h7-10,13-20H,11-12H2,1-6H3/t19-,20-/m0/s1. The maximum absolute atomic E-state index is 13.3. The van der Waals surface area contributed by atoms with Crippen LogP contribution in [0.1, 0.15) is 70.4 Å². The van der Waals surface area contributed by atoms with Crippen molar-refractivity contribution in [3.8, 4) is 22.3 Å². The minimum Gasteiger partial charge on any atom is -0.333 e. The van der Waals surface area contributed by atoms with Crippen molar-refractivity contribution in [2.24, 2.45) is 5.92 Å². The number of halogens is 1. The summed E-state index contributed by atoms with van der Waals surface area (Å²) in [6, 6.07) is 12.3. The Hall–Kier alpha value is -2.72. The third-order valence-electron chi connectivity index (χ3n) is 6.80. The van der Waals surface area contributed by atoms with E-state index in [1.165, 1.54) is 0 Å². The van der Waals surface area contributed by atoms with Crippen LogP contribution in [0.3, 0.4) is 0 Å². The number of amides is 1. The highest BCUT2D eigenvalue weighted by Crippen LogP contribution is 2.34. The van der Waals surface area contributed by atoms with Gasteiger partial charge in [-0.25, -0.2) is 0 Å². The molecule has 0 bridgehead atoms. The van der Waals surface area contributed by atoms with Crippen molar-refractivity contribution in [3.63, 3.8) is 0 Å². The molecule has 1 aliphatic rings. The van der Waals surface area contributed by atoms with Gasteiger partial charge in [-0.2, -0.15) is 0 Å². The average Bonchev–Trinajstić information content (AvgIpc) is 2.78. The third kappa shape index (κ3) is 5.02. The van der Waals surface area contributed by atoms with Gasteiger partial charge in [0.2, 0.25) is 0 Å². The summed E-state index contributed by atoms with van der Waals surface area (Å²) in [6.45, 7) is 13.0. The van der Waals surface area contributed by atoms with Crippen LogP contribution in [0.2, 0.25) is 5.02 Å². The van der Waals surface area contributed by atoms with Crippen LogP contribution >= 0.6 is 11.6 Å². The molecule has 34 heavy (non-hydrogen) atoms. The van der Waals surface area contributed by atoms with Gasteiger partial charge in [-0.3, -0.25) is 14.8 Å². The van der Waals surface area contributed by atoms with Crippen molar-refractivity contribution in [2.75, 3.05) is 0 Å². The molecule has 3 aromatic rings. The number of aromatic nitrogens is 2. The van der Waals surface area contributed by atoms with E-state index in [4.69, 9.17) is 11.6 Å². The van der Waals surface area contributed by atoms with Crippen LogP contribution in [-0.2, 0) is 5.41 Å². The van der Waals surface area contributed by atoms with Crippen LogP contribution < -0.4 is 0 Å². The SMILES string of the molecule is CC1C[C@H](C)N(C(=O)c2ccc(-c3cncc(-c4ccnc(C(C)(C)C)c4)c3)c(Cl)c2)[C@@H](C)C1. The first-order valence-corrected chi connectivity index (χ1v) is 12.5. The van der Waals surface area contributed by atoms with Gasteiger partial charge in [0.25, 0.3) is 5.91 Å². The molecule has 4 rings (SSSR count). The summed E-state index contributed by atoms with van der Waals surface area (Å²) < 4.78 is 0. The smallest absolute Gasteiger partial charge is 0.254 e. The molecular formula is C29H34ClN3O. The van der Waals surface area contributed by atoms with E-state index in [1.54, 1.807) is 6.07 Å². The van der Waals surface area contributed by atoms with E-state index in [2.05, 4.69) is 63.6 Å². The van der Waals surface area contributed by atoms with Crippen molar-refractivity contribution in [1.82, 2.24) is 14.9 Å². The normalized spacial score (nSPS) is 20.9. The molecule has 0 aliphatic carbocycles. The summed E-state index contributed by atoms with van der Waals surface area (Å²) in [5.41, 5.74) is 5.50. The lowest BCUT2D eigenvalue weighted by molar-refractivity contribution is 0.0434. The summed E-state index contributed by atoms with van der Waals surface area (Å²) >= 11 is 6.72. The fourth-order valence-electron chi connectivity index (χ4n) is 5.12. The van der Waals surface area contributed by atoms with Crippen LogP contribution in [0.15, 0.2) is 55.0 Å². The number of carbonyl (C=O) groups excluding carboxylic acids is 1. The highest BCUT2D eigenvalue weighted by molar-refractivity contribution is 6.33. The minimum atomic E-state index is -0.0336. The molecule has 1 saturated heterocycles. The molecule has 178 valence electrons. The number of hydrogen-bond acceptors (Lipinski definition) is 3. The topological polar surface area (TPSA) is 46.1 Å². The van der Waals surface area contributed by atoms with Crippen molar-refractivity contribution >= 4 is 17.5 Å². The van der Waals surface area contributed by atoms with Gasteiger partial charge in [-0.1, -0.05) is 45.4 Å². The molecule has 3 heterocycles. The van der Waals surface area contributed by atoms with Crippen LogP contribution in [0, 0.1) is 5.92 Å². The molecule has 0 N–H and O–H groups in total. The molecule has 0 saturated carbocycles. The molecule has 1 aliphatic heterocycles. The Labute approximate surface area is 208 Å². The fourth-order valence-corrected chi connectivity index (χ4v) is 5.41. The van der Waals surface area contributed by atoms with Crippen molar-refractivity contribution in [2.45, 2.75) is 71.9 Å². The average molecular weight is 476 g/mol. The second-order valence-electron chi connectivity index (χ2n) is 10.8. The number of nitrogens with zero attached hydrogens (tertiary/aromatic N) is 3. The lowest BCUT2D eigenvalue weighted by atomic mass is 9.88. The number of benzene rings is 1. The number of carbonyl (C=O) groups is 1. The Bertz CT molecular complexity index is 1190. The Morgan fingerprint density at radius 2 is 1.62 bits per heavy atom. The summed E-state index contributed by atoms with van der Waals surface area (Å²) in [7, 11) is 0. The van der Waals surface area contributed by atoms with Gasteiger partial charge in [0.15, 0.2) is 0 Å². The molecule has 0 radical (unpaired) electrons. The number of likely N-dealkylation sites (tertiary alicyclic amines) is 1. The van der Waals surface area contributed by atoms with E-state index in [1.807, 2.05) is 41.7 Å². The lowest BCUT2D eigenvalue weighted by Crippen LogP contribution is -2.49. The van der Waals surface area contributed by atoms with Gasteiger partial charge < -0.3 is 4.90 Å². The van der Waals surface area contributed by atoms with Crippen LogP contribution in [0.25, 0.3) is 22.3 Å².